The van der Waals surface area contributed by atoms with Crippen LogP contribution in [0.1, 0.15) is 26.3 Å². The summed E-state index contributed by atoms with van der Waals surface area (Å²) in [6.45, 7) is 5.73. The van der Waals surface area contributed by atoms with Crippen molar-refractivity contribution < 1.29 is 14.6 Å². The van der Waals surface area contributed by atoms with E-state index in [1.807, 2.05) is 38.1 Å². The Labute approximate surface area is 95.4 Å². The summed E-state index contributed by atoms with van der Waals surface area (Å²) in [4.78, 5) is 10.8. The van der Waals surface area contributed by atoms with Gasteiger partial charge in [0.1, 0.15) is 11.9 Å². The molecule has 86 valence electrons. The van der Waals surface area contributed by atoms with Crippen LogP contribution >= 0.6 is 0 Å². The third-order valence-electron chi connectivity index (χ3n) is 2.22. The van der Waals surface area contributed by atoms with Crippen molar-refractivity contribution in [1.82, 2.24) is 0 Å². The maximum atomic E-state index is 10.8. The second kappa shape index (κ2) is 5.35. The lowest BCUT2D eigenvalue weighted by molar-refractivity contribution is -0.133. The number of fused-ring (bicyclic) bond motifs is 1. The Bertz CT molecular complexity index is 407. The molecule has 1 aliphatic heterocycles. The largest absolute Gasteiger partial charge is 0.485 e. The molecule has 0 aliphatic carbocycles. The van der Waals surface area contributed by atoms with Crippen molar-refractivity contribution in [2.24, 2.45) is 0 Å². The predicted molar refractivity (Wildman–Crippen MR) is 63.5 cm³/mol. The molecule has 0 amide bonds. The van der Waals surface area contributed by atoms with Gasteiger partial charge in [-0.25, -0.2) is 4.79 Å². The van der Waals surface area contributed by atoms with Crippen LogP contribution in [0.5, 0.6) is 5.75 Å². The van der Waals surface area contributed by atoms with Crippen molar-refractivity contribution in [3.63, 3.8) is 0 Å². The van der Waals surface area contributed by atoms with Gasteiger partial charge in [-0.1, -0.05) is 32.0 Å². The summed E-state index contributed by atoms with van der Waals surface area (Å²) < 4.78 is 5.46. The quantitative estimate of drug-likeness (QED) is 0.791. The van der Waals surface area contributed by atoms with E-state index in [2.05, 4.69) is 0 Å². The molecule has 1 unspecified atom stereocenters. The summed E-state index contributed by atoms with van der Waals surface area (Å²) in [6.07, 6.45) is 1.27. The first kappa shape index (κ1) is 12.3. The van der Waals surface area contributed by atoms with Crippen molar-refractivity contribution in [3.05, 3.63) is 35.4 Å². The second-order valence-electron chi connectivity index (χ2n) is 3.20. The Morgan fingerprint density at radius 3 is 2.56 bits per heavy atom. The molecule has 1 aromatic carbocycles. The highest BCUT2D eigenvalue weighted by Crippen LogP contribution is 2.28. The summed E-state index contributed by atoms with van der Waals surface area (Å²) in [5.74, 6) is -0.183. The van der Waals surface area contributed by atoms with Gasteiger partial charge in [-0.3, -0.25) is 0 Å². The van der Waals surface area contributed by atoms with Crippen LogP contribution in [0.3, 0.4) is 0 Å². The molecule has 3 nitrogen and oxygen atoms in total. The number of benzene rings is 1. The van der Waals surface area contributed by atoms with Gasteiger partial charge in [0.2, 0.25) is 0 Å². The van der Waals surface area contributed by atoms with Crippen LogP contribution in [-0.2, 0) is 4.79 Å². The van der Waals surface area contributed by atoms with Gasteiger partial charge < -0.3 is 9.84 Å². The zero-order valence-corrected chi connectivity index (χ0v) is 9.73. The molecule has 1 aromatic rings. The van der Waals surface area contributed by atoms with E-state index in [0.29, 0.717) is 5.57 Å². The first-order chi connectivity index (χ1) is 7.68. The van der Waals surface area contributed by atoms with E-state index in [1.165, 1.54) is 0 Å². The van der Waals surface area contributed by atoms with E-state index in [-0.39, 0.29) is 6.10 Å². The highest BCUT2D eigenvalue weighted by atomic mass is 16.5. The number of carbonyl (C=O) groups is 1. The molecule has 0 saturated heterocycles. The molecule has 16 heavy (non-hydrogen) atoms. The zero-order valence-electron chi connectivity index (χ0n) is 9.73. The summed E-state index contributed by atoms with van der Waals surface area (Å²) >= 11 is 0. The van der Waals surface area contributed by atoms with E-state index in [9.17, 15) is 4.79 Å². The molecule has 0 fully saturated rings. The molecule has 0 radical (unpaired) electrons. The summed E-state index contributed by atoms with van der Waals surface area (Å²) in [5.41, 5.74) is 1.12. The Morgan fingerprint density at radius 1 is 1.31 bits per heavy atom. The van der Waals surface area contributed by atoms with Crippen molar-refractivity contribution in [2.75, 3.05) is 0 Å². The number of hydrogen-bond acceptors (Lipinski definition) is 2. The first-order valence-corrected chi connectivity index (χ1v) is 5.39. The Morgan fingerprint density at radius 2 is 1.94 bits per heavy atom. The molecule has 0 saturated carbocycles. The van der Waals surface area contributed by atoms with Gasteiger partial charge in [0.15, 0.2) is 0 Å². The minimum absolute atomic E-state index is 0.295. The van der Waals surface area contributed by atoms with Crippen LogP contribution in [-0.4, -0.2) is 17.2 Å². The van der Waals surface area contributed by atoms with Gasteiger partial charge in [0.05, 0.1) is 5.57 Å². The standard InChI is InChI=1S/C11H10O3.C2H6/c1-7-9(11(12)13)6-8-4-2-3-5-10(8)14-7;1-2/h2-7H,1H3,(H,12,13);1-2H3. The fourth-order valence-electron chi connectivity index (χ4n) is 1.48. The molecule has 0 bridgehead atoms. The highest BCUT2D eigenvalue weighted by Gasteiger charge is 2.22. The van der Waals surface area contributed by atoms with E-state index in [4.69, 9.17) is 9.84 Å². The Hall–Kier alpha value is -1.77. The SMILES string of the molecule is CC.CC1Oc2ccccc2C=C1C(=O)O. The summed E-state index contributed by atoms with van der Waals surface area (Å²) in [6, 6.07) is 7.39. The van der Waals surface area contributed by atoms with Gasteiger partial charge in [0.25, 0.3) is 0 Å². The number of para-hydroxylation sites is 1. The molecule has 1 aliphatic rings. The number of rotatable bonds is 1. The first-order valence-electron chi connectivity index (χ1n) is 5.39. The monoisotopic (exact) mass is 220 g/mol. The normalized spacial score (nSPS) is 17.2. The maximum Gasteiger partial charge on any atom is 0.335 e. The Kier molecular flexibility index (Phi) is 4.11. The van der Waals surface area contributed by atoms with Crippen LogP contribution < -0.4 is 4.74 Å². The molecule has 0 aromatic heterocycles. The number of carboxylic acid groups (broad SMARTS) is 1. The number of ether oxygens (including phenoxy) is 1. The van der Waals surface area contributed by atoms with E-state index in [0.717, 1.165) is 11.3 Å². The lowest BCUT2D eigenvalue weighted by atomic mass is 10.0. The average Bonchev–Trinajstić information content (AvgIpc) is 2.30. The van der Waals surface area contributed by atoms with Crippen LogP contribution in [0.2, 0.25) is 0 Å². The third kappa shape index (κ3) is 2.42. The third-order valence-corrected chi connectivity index (χ3v) is 2.22. The molecular weight excluding hydrogens is 204 g/mol. The molecule has 2 rings (SSSR count). The lowest BCUT2D eigenvalue weighted by Crippen LogP contribution is -2.23. The Balaban J connectivity index is 0.000000606. The average molecular weight is 220 g/mol. The molecule has 3 heteroatoms. The lowest BCUT2D eigenvalue weighted by Gasteiger charge is -2.21. The van der Waals surface area contributed by atoms with E-state index >= 15 is 0 Å². The van der Waals surface area contributed by atoms with Crippen molar-refractivity contribution in [3.8, 4) is 5.75 Å². The molecule has 0 spiro atoms. The van der Waals surface area contributed by atoms with Crippen LogP contribution in [0.15, 0.2) is 29.8 Å². The number of hydrogen-bond donors (Lipinski definition) is 1. The predicted octanol–water partition coefficient (Wildman–Crippen LogP) is 2.96. The van der Waals surface area contributed by atoms with Crippen LogP contribution in [0.4, 0.5) is 0 Å². The van der Waals surface area contributed by atoms with Gasteiger partial charge in [-0.05, 0) is 19.1 Å². The fraction of sp³-hybridized carbons (Fsp3) is 0.308. The van der Waals surface area contributed by atoms with Gasteiger partial charge in [-0.2, -0.15) is 0 Å². The van der Waals surface area contributed by atoms with E-state index in [1.54, 1.807) is 13.0 Å². The molecule has 1 N–H and O–H groups in total. The van der Waals surface area contributed by atoms with E-state index < -0.39 is 5.97 Å². The van der Waals surface area contributed by atoms with Crippen LogP contribution in [0, 0.1) is 0 Å². The van der Waals surface area contributed by atoms with Crippen molar-refractivity contribution in [2.45, 2.75) is 26.9 Å². The minimum atomic E-state index is -0.924. The fourth-order valence-corrected chi connectivity index (χ4v) is 1.48. The second-order valence-corrected chi connectivity index (χ2v) is 3.20. The highest BCUT2D eigenvalue weighted by molar-refractivity contribution is 5.94. The van der Waals surface area contributed by atoms with Crippen molar-refractivity contribution in [1.29, 1.82) is 0 Å². The topological polar surface area (TPSA) is 46.5 Å². The van der Waals surface area contributed by atoms with Crippen molar-refractivity contribution >= 4 is 12.0 Å². The molecular formula is C13H16O3. The smallest absolute Gasteiger partial charge is 0.335 e. The van der Waals surface area contributed by atoms with Gasteiger partial charge >= 0.3 is 5.97 Å². The molecule has 1 atom stereocenters. The van der Waals surface area contributed by atoms with Gasteiger partial charge in [-0.15, -0.1) is 0 Å². The zero-order chi connectivity index (χ0) is 12.1. The minimum Gasteiger partial charge on any atom is -0.485 e. The number of aliphatic carboxylic acids is 1. The van der Waals surface area contributed by atoms with Crippen LogP contribution in [0.25, 0.3) is 6.08 Å². The summed E-state index contributed by atoms with van der Waals surface area (Å²) in [7, 11) is 0. The van der Waals surface area contributed by atoms with Gasteiger partial charge in [0, 0.05) is 5.56 Å². The summed E-state index contributed by atoms with van der Waals surface area (Å²) in [5, 5.41) is 8.89. The number of carboxylic acids is 1. The maximum absolute atomic E-state index is 10.8. The molecule has 1 heterocycles.